The summed E-state index contributed by atoms with van der Waals surface area (Å²) in [6.45, 7) is 0. The smallest absolute Gasteiger partial charge is 1.00 e. The van der Waals surface area contributed by atoms with E-state index in [1.807, 2.05) is 0 Å². The normalized spacial score (nSPS) is 0. The van der Waals surface area contributed by atoms with E-state index in [-0.39, 0.29) is 111 Å². The maximum absolute atomic E-state index is 0. The van der Waals surface area contributed by atoms with Crippen LogP contribution >= 0.6 is 0 Å². The Morgan fingerprint density at radius 1 is 0.750 bits per heavy atom. The molecule has 0 saturated heterocycles. The van der Waals surface area contributed by atoms with E-state index in [4.69, 9.17) is 0 Å². The van der Waals surface area contributed by atoms with Crippen LogP contribution in [0.5, 0.6) is 0 Å². The van der Waals surface area contributed by atoms with Gasteiger partial charge in [0, 0.05) is 0 Å². The number of rotatable bonds is 0. The summed E-state index contributed by atoms with van der Waals surface area (Å²) in [6, 6.07) is 0. The average molecular weight is 252 g/mol. The van der Waals surface area contributed by atoms with Gasteiger partial charge in [0.1, 0.15) is 0 Å². The van der Waals surface area contributed by atoms with Gasteiger partial charge >= 0.3 is 77.0 Å². The molecular weight excluding hydrogens is 252 g/mol. The second-order valence-corrected chi connectivity index (χ2v) is 0. The van der Waals surface area contributed by atoms with Crippen LogP contribution in [0.1, 0.15) is 0 Å². The minimum Gasteiger partial charge on any atom is -1.00 e. The van der Waals surface area contributed by atoms with Gasteiger partial charge in [0.2, 0.25) is 0 Å². The van der Waals surface area contributed by atoms with E-state index in [2.05, 4.69) is 0 Å². The van der Waals surface area contributed by atoms with Crippen LogP contribution in [0.15, 0.2) is 0 Å². The van der Waals surface area contributed by atoms with Gasteiger partial charge in [-0.1, -0.05) is 0 Å². The fourth-order valence-corrected chi connectivity index (χ4v) is 0. The molecule has 0 heterocycles. The third-order valence-corrected chi connectivity index (χ3v) is 0. The predicted molar refractivity (Wildman–Crippen MR) is 0 cm³/mol. The van der Waals surface area contributed by atoms with Gasteiger partial charge in [-0.05, 0) is 0 Å². The molecule has 0 aromatic rings. The molecule has 4 heteroatoms. The van der Waals surface area contributed by atoms with Crippen LogP contribution in [0.2, 0.25) is 0 Å². The first-order chi connectivity index (χ1) is 0. The van der Waals surface area contributed by atoms with Crippen molar-refractivity contribution in [3.05, 3.63) is 0 Å². The summed E-state index contributed by atoms with van der Waals surface area (Å²) in [5, 5.41) is 0. The SMILES string of the molecule is [Br-].[Br-].[Li+].[Rb+]. The maximum Gasteiger partial charge on any atom is 1.00 e. The van der Waals surface area contributed by atoms with Gasteiger partial charge in [0.15, 0.2) is 0 Å². The summed E-state index contributed by atoms with van der Waals surface area (Å²) in [4.78, 5) is 0. The second kappa shape index (κ2) is 16.2. The van der Waals surface area contributed by atoms with Gasteiger partial charge in [0.25, 0.3) is 0 Å². The molecular formula is Br2LiRb. The van der Waals surface area contributed by atoms with Crippen molar-refractivity contribution in [1.29, 1.82) is 0 Å². The molecule has 0 aromatic carbocycles. The molecule has 0 aromatic heterocycles. The molecule has 0 unspecified atom stereocenters. The van der Waals surface area contributed by atoms with Crippen LogP contribution in [0, 0.1) is 0 Å². The van der Waals surface area contributed by atoms with E-state index in [0.29, 0.717) is 0 Å². The molecule has 0 radical (unpaired) electrons. The quantitative estimate of drug-likeness (QED) is 0.376. The first-order valence-electron chi connectivity index (χ1n) is 0. The van der Waals surface area contributed by atoms with E-state index in [1.54, 1.807) is 0 Å². The van der Waals surface area contributed by atoms with Gasteiger partial charge in [-0.25, -0.2) is 0 Å². The molecule has 0 bridgehead atoms. The molecule has 0 aliphatic carbocycles. The van der Waals surface area contributed by atoms with E-state index < -0.39 is 0 Å². The van der Waals surface area contributed by atoms with Crippen molar-refractivity contribution >= 4 is 0 Å². The zero-order chi connectivity index (χ0) is 0. The molecule has 0 atom stereocenters. The molecule has 4 heavy (non-hydrogen) atoms. The van der Waals surface area contributed by atoms with Crippen LogP contribution in [-0.4, -0.2) is 0 Å². The molecule has 0 N–H and O–H groups in total. The first kappa shape index (κ1) is 26.4. The Morgan fingerprint density at radius 3 is 0.750 bits per heavy atom. The molecule has 0 nitrogen and oxygen atoms in total. The van der Waals surface area contributed by atoms with Crippen LogP contribution < -0.4 is 111 Å². The molecule has 0 amide bonds. The van der Waals surface area contributed by atoms with Crippen LogP contribution in [-0.2, 0) is 0 Å². The fraction of sp³-hybridized carbons (Fsp3) is 0. The Morgan fingerprint density at radius 2 is 0.750 bits per heavy atom. The van der Waals surface area contributed by atoms with Gasteiger partial charge in [-0.15, -0.1) is 0 Å². The largest absolute Gasteiger partial charge is 1.00 e. The molecule has 0 spiro atoms. The van der Waals surface area contributed by atoms with Crippen molar-refractivity contribution in [1.82, 2.24) is 0 Å². The number of hydrogen-bond acceptors (Lipinski definition) is 0. The van der Waals surface area contributed by atoms with Gasteiger partial charge in [0.05, 0.1) is 0 Å². The third-order valence-electron chi connectivity index (χ3n) is 0. The van der Waals surface area contributed by atoms with Crippen molar-refractivity contribution in [2.75, 3.05) is 0 Å². The third kappa shape index (κ3) is 9.03. The monoisotopic (exact) mass is 250 g/mol. The minimum absolute atomic E-state index is 0. The Hall–Kier alpha value is 3.36. The molecule has 0 aliphatic heterocycles. The molecule has 16 valence electrons. The average Bonchev–Trinajstić information content (AvgIpc) is 0. The summed E-state index contributed by atoms with van der Waals surface area (Å²) in [5.74, 6) is 0. The molecule has 0 rings (SSSR count). The summed E-state index contributed by atoms with van der Waals surface area (Å²) in [6.07, 6.45) is 0. The van der Waals surface area contributed by atoms with Crippen molar-refractivity contribution in [2.24, 2.45) is 0 Å². The van der Waals surface area contributed by atoms with Gasteiger partial charge in [-0.2, -0.15) is 0 Å². The summed E-state index contributed by atoms with van der Waals surface area (Å²) >= 11 is 0. The van der Waals surface area contributed by atoms with Crippen molar-refractivity contribution in [3.8, 4) is 0 Å². The Labute approximate surface area is 108 Å². The van der Waals surface area contributed by atoms with E-state index >= 15 is 0 Å². The zero-order valence-electron chi connectivity index (χ0n) is 2.76. The Bertz CT molecular complexity index is 6.00. The topological polar surface area (TPSA) is 0 Å². The molecule has 0 aliphatic rings. The van der Waals surface area contributed by atoms with Crippen molar-refractivity contribution < 1.29 is 111 Å². The second-order valence-electron chi connectivity index (χ2n) is 0. The van der Waals surface area contributed by atoms with E-state index in [1.165, 1.54) is 0 Å². The van der Waals surface area contributed by atoms with Gasteiger partial charge < -0.3 is 34.0 Å². The van der Waals surface area contributed by atoms with Crippen molar-refractivity contribution in [3.63, 3.8) is 0 Å². The van der Waals surface area contributed by atoms with E-state index in [9.17, 15) is 0 Å². The molecule has 0 saturated carbocycles. The van der Waals surface area contributed by atoms with Crippen molar-refractivity contribution in [2.45, 2.75) is 0 Å². The van der Waals surface area contributed by atoms with Crippen LogP contribution in [0.25, 0.3) is 0 Å². The fourth-order valence-electron chi connectivity index (χ4n) is 0. The number of halogens is 2. The Balaban J connectivity index is 0. The Kier molecular flexibility index (Phi) is 107. The molecule has 0 fully saturated rings. The summed E-state index contributed by atoms with van der Waals surface area (Å²) in [7, 11) is 0. The van der Waals surface area contributed by atoms with Crippen LogP contribution in [0.3, 0.4) is 0 Å². The maximum atomic E-state index is 0. The standard InChI is InChI=1S/2BrH.Li.Rb/h2*1H;;/q;;2*+1/p-2. The first-order valence-corrected chi connectivity index (χ1v) is 0. The predicted octanol–water partition coefficient (Wildman–Crippen LogP) is -12.0. The van der Waals surface area contributed by atoms with Crippen LogP contribution in [0.4, 0.5) is 0 Å². The van der Waals surface area contributed by atoms with E-state index in [0.717, 1.165) is 0 Å². The number of hydrogen-bond donors (Lipinski definition) is 0. The summed E-state index contributed by atoms with van der Waals surface area (Å²) in [5.41, 5.74) is 0. The zero-order valence-corrected chi connectivity index (χ0v) is 10.8. The summed E-state index contributed by atoms with van der Waals surface area (Å²) < 4.78 is 0. The minimum atomic E-state index is 0. The van der Waals surface area contributed by atoms with Gasteiger partial charge in [-0.3, -0.25) is 0 Å².